The molecule has 0 aromatic heterocycles. The molecule has 0 heterocycles. The van der Waals surface area contributed by atoms with Gasteiger partial charge in [-0.3, -0.25) is 4.79 Å². The average Bonchev–Trinajstić information content (AvgIpc) is 2.25. The second-order valence-corrected chi connectivity index (χ2v) is 4.45. The normalized spacial score (nSPS) is 11.1. The van der Waals surface area contributed by atoms with Gasteiger partial charge in [0.15, 0.2) is 0 Å². The Balaban J connectivity index is 2.81. The van der Waals surface area contributed by atoms with Crippen LogP contribution in [-0.4, -0.2) is 30.3 Å². The van der Waals surface area contributed by atoms with Crippen LogP contribution < -0.4 is 15.8 Å². The van der Waals surface area contributed by atoms with Gasteiger partial charge in [-0.05, 0) is 32.0 Å². The number of nitrogen functional groups attached to an aromatic ring is 1. The van der Waals surface area contributed by atoms with Crippen molar-refractivity contribution in [3.05, 3.63) is 23.8 Å². The van der Waals surface area contributed by atoms with E-state index < -0.39 is 5.60 Å². The van der Waals surface area contributed by atoms with Crippen LogP contribution in [0.3, 0.4) is 0 Å². The van der Waals surface area contributed by atoms with Gasteiger partial charge in [0.05, 0.1) is 18.3 Å². The maximum Gasteiger partial charge on any atom is 0.253 e. The summed E-state index contributed by atoms with van der Waals surface area (Å²) in [6.07, 6.45) is 0. The number of ether oxygens (including phenoxy) is 1. The number of nitrogens with two attached hydrogens (primary N) is 1. The molecule has 0 fully saturated rings. The van der Waals surface area contributed by atoms with Crippen molar-refractivity contribution in [2.75, 3.05) is 19.4 Å². The molecule has 0 aliphatic carbocycles. The molecule has 0 saturated heterocycles. The fourth-order valence-corrected chi connectivity index (χ4v) is 1.25. The van der Waals surface area contributed by atoms with Crippen LogP contribution in [-0.2, 0) is 0 Å². The van der Waals surface area contributed by atoms with E-state index in [1.54, 1.807) is 32.0 Å². The molecule has 17 heavy (non-hydrogen) atoms. The number of carbonyl (C=O) groups excluding carboxylic acids is 1. The van der Waals surface area contributed by atoms with Gasteiger partial charge in [-0.1, -0.05) is 0 Å². The Morgan fingerprint density at radius 3 is 2.71 bits per heavy atom. The minimum absolute atomic E-state index is 0.155. The molecule has 1 aromatic rings. The summed E-state index contributed by atoms with van der Waals surface area (Å²) in [5.41, 5.74) is 5.47. The molecule has 4 N–H and O–H groups in total. The van der Waals surface area contributed by atoms with Gasteiger partial charge in [0.1, 0.15) is 5.75 Å². The zero-order chi connectivity index (χ0) is 13.1. The summed E-state index contributed by atoms with van der Waals surface area (Å²) >= 11 is 0. The van der Waals surface area contributed by atoms with Crippen LogP contribution in [0.25, 0.3) is 0 Å². The first-order valence-corrected chi connectivity index (χ1v) is 5.27. The molecule has 0 saturated carbocycles. The SMILES string of the molecule is COc1ccc(N)c(C(=O)NCC(C)(C)O)c1. The summed E-state index contributed by atoms with van der Waals surface area (Å²) in [4.78, 5) is 11.8. The molecule has 94 valence electrons. The maximum absolute atomic E-state index is 11.8. The third kappa shape index (κ3) is 3.96. The largest absolute Gasteiger partial charge is 0.497 e. The number of hydrogen-bond acceptors (Lipinski definition) is 4. The van der Waals surface area contributed by atoms with E-state index in [1.165, 1.54) is 7.11 Å². The highest BCUT2D eigenvalue weighted by Crippen LogP contribution is 2.19. The highest BCUT2D eigenvalue weighted by Gasteiger charge is 2.16. The number of benzene rings is 1. The van der Waals surface area contributed by atoms with E-state index in [4.69, 9.17) is 10.5 Å². The predicted octanol–water partition coefficient (Wildman–Crippen LogP) is 0.778. The number of aliphatic hydroxyl groups is 1. The van der Waals surface area contributed by atoms with Crippen molar-refractivity contribution in [3.8, 4) is 5.75 Å². The molecule has 0 unspecified atom stereocenters. The summed E-state index contributed by atoms with van der Waals surface area (Å²) in [7, 11) is 1.52. The number of nitrogens with one attached hydrogen (secondary N) is 1. The van der Waals surface area contributed by atoms with Crippen LogP contribution in [0.2, 0.25) is 0 Å². The maximum atomic E-state index is 11.8. The number of carbonyl (C=O) groups is 1. The third-order valence-corrected chi connectivity index (χ3v) is 2.19. The Kier molecular flexibility index (Phi) is 3.96. The smallest absolute Gasteiger partial charge is 0.253 e. The van der Waals surface area contributed by atoms with Crippen molar-refractivity contribution in [2.45, 2.75) is 19.4 Å². The molecular weight excluding hydrogens is 220 g/mol. The Bertz CT molecular complexity index is 411. The lowest BCUT2D eigenvalue weighted by Gasteiger charge is -2.18. The minimum atomic E-state index is -0.955. The van der Waals surface area contributed by atoms with Gasteiger partial charge in [0.2, 0.25) is 0 Å². The van der Waals surface area contributed by atoms with E-state index >= 15 is 0 Å². The van der Waals surface area contributed by atoms with Crippen molar-refractivity contribution in [2.24, 2.45) is 0 Å². The Morgan fingerprint density at radius 1 is 1.53 bits per heavy atom. The first kappa shape index (κ1) is 13.3. The van der Waals surface area contributed by atoms with Crippen molar-refractivity contribution in [1.29, 1.82) is 0 Å². The van der Waals surface area contributed by atoms with E-state index in [2.05, 4.69) is 5.32 Å². The van der Waals surface area contributed by atoms with E-state index in [9.17, 15) is 9.90 Å². The zero-order valence-corrected chi connectivity index (χ0v) is 10.3. The molecule has 0 radical (unpaired) electrons. The van der Waals surface area contributed by atoms with Crippen LogP contribution in [0.5, 0.6) is 5.75 Å². The lowest BCUT2D eigenvalue weighted by molar-refractivity contribution is 0.0694. The van der Waals surface area contributed by atoms with E-state index in [-0.39, 0.29) is 12.5 Å². The van der Waals surface area contributed by atoms with Crippen LogP contribution in [0.15, 0.2) is 18.2 Å². The molecule has 1 rings (SSSR count). The summed E-state index contributed by atoms with van der Waals surface area (Å²) in [6.45, 7) is 3.38. The molecule has 0 spiro atoms. The van der Waals surface area contributed by atoms with Crippen LogP contribution >= 0.6 is 0 Å². The van der Waals surface area contributed by atoms with Gasteiger partial charge >= 0.3 is 0 Å². The lowest BCUT2D eigenvalue weighted by Crippen LogP contribution is -2.38. The highest BCUT2D eigenvalue weighted by molar-refractivity contribution is 5.99. The summed E-state index contributed by atoms with van der Waals surface area (Å²) in [6, 6.07) is 4.86. The van der Waals surface area contributed by atoms with E-state index in [0.29, 0.717) is 17.0 Å². The second kappa shape index (κ2) is 5.05. The van der Waals surface area contributed by atoms with Crippen LogP contribution in [0.4, 0.5) is 5.69 Å². The van der Waals surface area contributed by atoms with Crippen LogP contribution in [0, 0.1) is 0 Å². The van der Waals surface area contributed by atoms with Gasteiger partial charge in [0, 0.05) is 12.2 Å². The molecule has 0 atom stereocenters. The number of methoxy groups -OCH3 is 1. The third-order valence-electron chi connectivity index (χ3n) is 2.19. The predicted molar refractivity (Wildman–Crippen MR) is 66.0 cm³/mol. The van der Waals surface area contributed by atoms with Crippen molar-refractivity contribution in [3.63, 3.8) is 0 Å². The molecule has 0 bridgehead atoms. The van der Waals surface area contributed by atoms with Crippen molar-refractivity contribution < 1.29 is 14.6 Å². The summed E-state index contributed by atoms with van der Waals surface area (Å²) in [5, 5.41) is 12.1. The molecule has 0 aliphatic rings. The fraction of sp³-hybridized carbons (Fsp3) is 0.417. The number of hydrogen-bond donors (Lipinski definition) is 3. The monoisotopic (exact) mass is 238 g/mol. The average molecular weight is 238 g/mol. The lowest BCUT2D eigenvalue weighted by atomic mass is 10.1. The topological polar surface area (TPSA) is 84.6 Å². The number of rotatable bonds is 4. The van der Waals surface area contributed by atoms with Gasteiger partial charge in [-0.2, -0.15) is 0 Å². The number of amides is 1. The minimum Gasteiger partial charge on any atom is -0.497 e. The summed E-state index contributed by atoms with van der Waals surface area (Å²) < 4.78 is 5.02. The fourth-order valence-electron chi connectivity index (χ4n) is 1.25. The molecule has 1 amide bonds. The van der Waals surface area contributed by atoms with E-state index in [1.807, 2.05) is 0 Å². The van der Waals surface area contributed by atoms with Crippen LogP contribution in [0.1, 0.15) is 24.2 Å². The zero-order valence-electron chi connectivity index (χ0n) is 10.3. The van der Waals surface area contributed by atoms with Crippen molar-refractivity contribution >= 4 is 11.6 Å². The quantitative estimate of drug-likeness (QED) is 0.677. The van der Waals surface area contributed by atoms with Crippen molar-refractivity contribution in [1.82, 2.24) is 5.32 Å². The molecule has 5 nitrogen and oxygen atoms in total. The Morgan fingerprint density at radius 2 is 2.18 bits per heavy atom. The molecular formula is C12H18N2O3. The molecule has 0 aliphatic heterocycles. The van der Waals surface area contributed by atoms with Gasteiger partial charge in [0.25, 0.3) is 5.91 Å². The number of anilines is 1. The second-order valence-electron chi connectivity index (χ2n) is 4.45. The van der Waals surface area contributed by atoms with E-state index in [0.717, 1.165) is 0 Å². The standard InChI is InChI=1S/C12H18N2O3/c1-12(2,16)7-14-11(15)9-6-8(17-3)4-5-10(9)13/h4-6,16H,7,13H2,1-3H3,(H,14,15). The molecule has 5 heteroatoms. The van der Waals surface area contributed by atoms with Gasteiger partial charge < -0.3 is 20.9 Å². The Hall–Kier alpha value is -1.75. The summed E-state index contributed by atoms with van der Waals surface area (Å²) in [5.74, 6) is 0.233. The Labute approximate surface area is 101 Å². The molecule has 1 aromatic carbocycles. The van der Waals surface area contributed by atoms with Gasteiger partial charge in [-0.25, -0.2) is 0 Å². The van der Waals surface area contributed by atoms with Gasteiger partial charge in [-0.15, -0.1) is 0 Å². The highest BCUT2D eigenvalue weighted by atomic mass is 16.5. The first-order valence-electron chi connectivity index (χ1n) is 5.27. The first-order chi connectivity index (χ1) is 7.83.